The first kappa shape index (κ1) is 13.6. The van der Waals surface area contributed by atoms with Crippen molar-refractivity contribution in [3.05, 3.63) is 55.2 Å². The van der Waals surface area contributed by atoms with E-state index in [-0.39, 0.29) is 11.7 Å². The maximum atomic E-state index is 12.1. The summed E-state index contributed by atoms with van der Waals surface area (Å²) in [4.78, 5) is 12.1. The summed E-state index contributed by atoms with van der Waals surface area (Å²) < 4.78 is 1.69. The number of phenolic OH excluding ortho intramolecular Hbond substituents is 1. The van der Waals surface area contributed by atoms with Crippen LogP contribution in [-0.4, -0.2) is 11.0 Å². The Kier molecular flexibility index (Phi) is 4.44. The fraction of sp³-hybridized carbons (Fsp3) is 0. The van der Waals surface area contributed by atoms with E-state index in [1.807, 2.05) is 18.2 Å². The van der Waals surface area contributed by atoms with Gasteiger partial charge >= 0.3 is 0 Å². The summed E-state index contributed by atoms with van der Waals surface area (Å²) >= 11 is 4.19. The van der Waals surface area contributed by atoms with Crippen LogP contribution in [0.3, 0.4) is 0 Å². The third-order valence-corrected chi connectivity index (χ3v) is 5.38. The Hall–Kier alpha value is -0.830. The van der Waals surface area contributed by atoms with Crippen molar-refractivity contribution in [1.29, 1.82) is 0 Å². The van der Waals surface area contributed by atoms with Crippen molar-refractivity contribution in [2.24, 2.45) is 0 Å². The fourth-order valence-electron chi connectivity index (χ4n) is 1.47. The maximum absolute atomic E-state index is 12.1. The van der Waals surface area contributed by atoms with Crippen LogP contribution in [0.1, 0.15) is 10.4 Å². The lowest BCUT2D eigenvalue weighted by atomic mass is 10.2. The minimum Gasteiger partial charge on any atom is -0.507 e. The Bertz CT molecular complexity index is 585. The van der Waals surface area contributed by atoms with Crippen LogP contribution in [0.15, 0.2) is 42.5 Å². The molecule has 0 saturated carbocycles. The number of halogens is 2. The van der Waals surface area contributed by atoms with Crippen molar-refractivity contribution in [3.8, 4) is 5.75 Å². The zero-order valence-electron chi connectivity index (χ0n) is 9.15. The largest absolute Gasteiger partial charge is 0.507 e. The van der Waals surface area contributed by atoms with Gasteiger partial charge in [0.05, 0.1) is 5.56 Å². The van der Waals surface area contributed by atoms with Crippen LogP contribution >= 0.6 is 45.2 Å². The van der Waals surface area contributed by atoms with Gasteiger partial charge in [-0.25, -0.2) is 0 Å². The third-order valence-electron chi connectivity index (χ3n) is 2.33. The Labute approximate surface area is 132 Å². The zero-order valence-corrected chi connectivity index (χ0v) is 13.5. The number of para-hydroxylation sites is 1. The monoisotopic (exact) mass is 465 g/mol. The predicted octanol–water partition coefficient (Wildman–Crippen LogP) is 3.85. The molecule has 0 radical (unpaired) electrons. The van der Waals surface area contributed by atoms with Crippen LogP contribution in [0.2, 0.25) is 0 Å². The molecular formula is C13H9I2NO2. The molecule has 3 nitrogen and oxygen atoms in total. The molecule has 0 aliphatic rings. The van der Waals surface area contributed by atoms with Gasteiger partial charge in [-0.3, -0.25) is 4.79 Å². The molecule has 18 heavy (non-hydrogen) atoms. The number of carbonyl (C=O) groups excluding carboxylic acids is 1. The van der Waals surface area contributed by atoms with Crippen LogP contribution in [0, 0.1) is 7.14 Å². The van der Waals surface area contributed by atoms with E-state index in [0.29, 0.717) is 11.3 Å². The van der Waals surface area contributed by atoms with Gasteiger partial charge in [-0.2, -0.15) is 0 Å². The number of hydrogen-bond donors (Lipinski definition) is 2. The molecule has 0 aromatic heterocycles. The van der Waals surface area contributed by atoms with Crippen LogP contribution in [-0.2, 0) is 0 Å². The van der Waals surface area contributed by atoms with Gasteiger partial charge in [0.1, 0.15) is 5.75 Å². The Morgan fingerprint density at radius 3 is 2.39 bits per heavy atom. The molecule has 5 heteroatoms. The quantitative estimate of drug-likeness (QED) is 0.663. The molecule has 0 spiro atoms. The van der Waals surface area contributed by atoms with Crippen molar-refractivity contribution < 1.29 is 9.90 Å². The molecule has 0 unspecified atom stereocenters. The zero-order chi connectivity index (χ0) is 13.1. The number of hydrogen-bond acceptors (Lipinski definition) is 2. The highest BCUT2D eigenvalue weighted by Gasteiger charge is 2.17. The molecule has 0 aliphatic heterocycles. The van der Waals surface area contributed by atoms with E-state index in [1.54, 1.807) is 18.2 Å². The van der Waals surface area contributed by atoms with Gasteiger partial charge in [0, 0.05) is 12.8 Å². The van der Waals surface area contributed by atoms with Gasteiger partial charge < -0.3 is 10.4 Å². The third kappa shape index (κ3) is 2.94. The van der Waals surface area contributed by atoms with E-state index in [0.717, 1.165) is 7.14 Å². The number of benzene rings is 2. The molecule has 0 aliphatic carbocycles. The average molecular weight is 465 g/mol. The Morgan fingerprint density at radius 1 is 1.06 bits per heavy atom. The highest BCUT2D eigenvalue weighted by molar-refractivity contribution is 14.1. The van der Waals surface area contributed by atoms with Gasteiger partial charge in [-0.1, -0.05) is 18.2 Å². The van der Waals surface area contributed by atoms with Crippen molar-refractivity contribution in [3.63, 3.8) is 0 Å². The van der Waals surface area contributed by atoms with Gasteiger partial charge in [-0.05, 0) is 69.4 Å². The van der Waals surface area contributed by atoms with Crippen LogP contribution in [0.4, 0.5) is 5.69 Å². The topological polar surface area (TPSA) is 49.3 Å². The Morgan fingerprint density at radius 2 is 1.72 bits per heavy atom. The average Bonchev–Trinajstić information content (AvgIpc) is 2.36. The number of amides is 1. The lowest BCUT2D eigenvalue weighted by molar-refractivity contribution is 0.102. The van der Waals surface area contributed by atoms with E-state index in [4.69, 9.17) is 0 Å². The van der Waals surface area contributed by atoms with Crippen molar-refractivity contribution in [1.82, 2.24) is 0 Å². The molecule has 2 aromatic rings. The van der Waals surface area contributed by atoms with Crippen LogP contribution in [0.25, 0.3) is 0 Å². The fourth-order valence-corrected chi connectivity index (χ4v) is 2.62. The molecule has 1 amide bonds. The molecule has 0 bridgehead atoms. The number of nitrogens with one attached hydrogen (secondary N) is 1. The summed E-state index contributed by atoms with van der Waals surface area (Å²) in [7, 11) is 0. The highest BCUT2D eigenvalue weighted by Crippen LogP contribution is 2.28. The lowest BCUT2D eigenvalue weighted by Crippen LogP contribution is -2.14. The van der Waals surface area contributed by atoms with Gasteiger partial charge in [0.2, 0.25) is 0 Å². The summed E-state index contributed by atoms with van der Waals surface area (Å²) in [6, 6.07) is 12.5. The number of anilines is 1. The number of carbonyl (C=O) groups is 1. The van der Waals surface area contributed by atoms with E-state index in [9.17, 15) is 9.90 Å². The smallest absolute Gasteiger partial charge is 0.260 e. The van der Waals surface area contributed by atoms with E-state index < -0.39 is 0 Å². The molecule has 2 aromatic carbocycles. The molecule has 2 N–H and O–H groups in total. The second-order valence-electron chi connectivity index (χ2n) is 3.58. The number of rotatable bonds is 2. The molecule has 0 atom stereocenters. The predicted molar refractivity (Wildman–Crippen MR) is 87.9 cm³/mol. The minimum atomic E-state index is -0.304. The van der Waals surface area contributed by atoms with Crippen molar-refractivity contribution in [2.45, 2.75) is 0 Å². The number of phenols is 1. The van der Waals surface area contributed by atoms with E-state index in [2.05, 4.69) is 50.5 Å². The molecule has 0 heterocycles. The highest BCUT2D eigenvalue weighted by atomic mass is 127. The van der Waals surface area contributed by atoms with Gasteiger partial charge in [0.25, 0.3) is 5.91 Å². The first-order valence-electron chi connectivity index (χ1n) is 5.13. The molecule has 2 rings (SSSR count). The summed E-state index contributed by atoms with van der Waals surface area (Å²) in [5, 5.41) is 12.6. The standard InChI is InChI=1S/C13H9I2NO2/c14-9-6-7-10(17)11(12(9)15)13(18)16-8-4-2-1-3-5-8/h1-7,17H,(H,16,18). The maximum Gasteiger partial charge on any atom is 0.260 e. The lowest BCUT2D eigenvalue weighted by Gasteiger charge is -2.09. The molecular weight excluding hydrogens is 456 g/mol. The number of aromatic hydroxyl groups is 1. The molecule has 0 fully saturated rings. The summed E-state index contributed by atoms with van der Waals surface area (Å²) in [5.74, 6) is -0.310. The van der Waals surface area contributed by atoms with Crippen LogP contribution in [0.5, 0.6) is 5.75 Å². The summed E-state index contributed by atoms with van der Waals surface area (Å²) in [5.41, 5.74) is 1.02. The van der Waals surface area contributed by atoms with E-state index in [1.165, 1.54) is 6.07 Å². The SMILES string of the molecule is O=C(Nc1ccccc1)c1c(O)ccc(I)c1I. The summed E-state index contributed by atoms with van der Waals surface area (Å²) in [6.45, 7) is 0. The first-order valence-corrected chi connectivity index (χ1v) is 7.28. The van der Waals surface area contributed by atoms with Gasteiger partial charge in [0.15, 0.2) is 0 Å². The summed E-state index contributed by atoms with van der Waals surface area (Å²) in [6.07, 6.45) is 0. The molecule has 0 saturated heterocycles. The first-order chi connectivity index (χ1) is 8.59. The molecule has 92 valence electrons. The van der Waals surface area contributed by atoms with Crippen LogP contribution < -0.4 is 5.32 Å². The second-order valence-corrected chi connectivity index (χ2v) is 5.82. The van der Waals surface area contributed by atoms with Gasteiger partial charge in [-0.15, -0.1) is 0 Å². The van der Waals surface area contributed by atoms with E-state index >= 15 is 0 Å². The van der Waals surface area contributed by atoms with Crippen molar-refractivity contribution >= 4 is 56.8 Å². The minimum absolute atomic E-state index is 0.00625. The Balaban J connectivity index is 2.33. The second kappa shape index (κ2) is 5.87. The normalized spacial score (nSPS) is 10.1. The van der Waals surface area contributed by atoms with Crippen molar-refractivity contribution in [2.75, 3.05) is 5.32 Å².